The second kappa shape index (κ2) is 10.9. The van der Waals surface area contributed by atoms with Gasteiger partial charge in [-0.15, -0.1) is 12.4 Å². The summed E-state index contributed by atoms with van der Waals surface area (Å²) in [4.78, 5) is 21.5. The van der Waals surface area contributed by atoms with Crippen LogP contribution < -0.4 is 11.1 Å². The fraction of sp³-hybridized carbons (Fsp3) is 0.429. The van der Waals surface area contributed by atoms with Crippen molar-refractivity contribution in [3.8, 4) is 0 Å². The number of alkyl halides is 2. The second-order valence-corrected chi connectivity index (χ2v) is 8.20. The van der Waals surface area contributed by atoms with Gasteiger partial charge < -0.3 is 20.9 Å². The molecule has 148 valence electrons. The van der Waals surface area contributed by atoms with E-state index in [0.717, 1.165) is 6.26 Å². The number of rotatable bonds is 8. The van der Waals surface area contributed by atoms with Gasteiger partial charge in [0.1, 0.15) is 12.7 Å². The van der Waals surface area contributed by atoms with E-state index in [2.05, 4.69) is 5.32 Å². The van der Waals surface area contributed by atoms with E-state index < -0.39 is 38.7 Å². The van der Waals surface area contributed by atoms with Crippen LogP contribution in [0.15, 0.2) is 29.2 Å². The maximum absolute atomic E-state index is 11.7. The Hall–Kier alpha value is -1.10. The third-order valence-electron chi connectivity index (χ3n) is 3.15. The lowest BCUT2D eigenvalue weighted by Crippen LogP contribution is -2.45. The number of hydrogen-bond donors (Lipinski definition) is 3. The van der Waals surface area contributed by atoms with Crippen molar-refractivity contribution in [3.05, 3.63) is 29.8 Å². The standard InChI is InChI=1S/C14H18Cl2N2O6S.ClH/c1-25(22,23)9-4-2-8(3-5-9)12(20)10(7-24-11(19)6-17)18-14(21)13(15)16;/h2-5,10,12-13,20H,6-7,17H2,1H3,(H,18,21);1H/t10-,12+;/m0./s1. The van der Waals surface area contributed by atoms with Crippen LogP contribution in [-0.4, -0.2) is 55.7 Å². The van der Waals surface area contributed by atoms with Gasteiger partial charge in [0, 0.05) is 6.26 Å². The van der Waals surface area contributed by atoms with Crippen molar-refractivity contribution in [2.45, 2.75) is 21.9 Å². The summed E-state index contributed by atoms with van der Waals surface area (Å²) in [6.45, 7) is -0.745. The molecule has 26 heavy (non-hydrogen) atoms. The molecule has 0 fully saturated rings. The van der Waals surface area contributed by atoms with E-state index >= 15 is 0 Å². The van der Waals surface area contributed by atoms with Crippen LogP contribution >= 0.6 is 35.6 Å². The number of nitrogens with one attached hydrogen (secondary N) is 1. The van der Waals surface area contributed by atoms with Gasteiger partial charge in [0.25, 0.3) is 5.91 Å². The molecule has 0 aromatic heterocycles. The molecule has 0 saturated carbocycles. The highest BCUT2D eigenvalue weighted by Crippen LogP contribution is 2.20. The molecule has 1 rings (SSSR count). The minimum absolute atomic E-state index is 0. The van der Waals surface area contributed by atoms with E-state index in [1.165, 1.54) is 24.3 Å². The number of carbonyl (C=O) groups is 2. The Morgan fingerprint density at radius 2 is 1.81 bits per heavy atom. The summed E-state index contributed by atoms with van der Waals surface area (Å²) >= 11 is 10.9. The Balaban J connectivity index is 0.00000625. The van der Waals surface area contributed by atoms with E-state index in [9.17, 15) is 23.1 Å². The van der Waals surface area contributed by atoms with Crippen molar-refractivity contribution in [2.75, 3.05) is 19.4 Å². The number of halogens is 3. The fourth-order valence-electron chi connectivity index (χ4n) is 1.84. The topological polar surface area (TPSA) is 136 Å². The van der Waals surface area contributed by atoms with Gasteiger partial charge in [0.2, 0.25) is 0 Å². The quantitative estimate of drug-likeness (QED) is 0.384. The molecule has 12 heteroatoms. The van der Waals surface area contributed by atoms with Crippen LogP contribution in [0, 0.1) is 0 Å². The van der Waals surface area contributed by atoms with E-state index in [1.807, 2.05) is 0 Å². The van der Waals surface area contributed by atoms with E-state index in [-0.39, 0.29) is 30.5 Å². The normalized spacial score (nSPS) is 13.5. The highest BCUT2D eigenvalue weighted by Gasteiger charge is 2.26. The lowest BCUT2D eigenvalue weighted by atomic mass is 10.0. The van der Waals surface area contributed by atoms with Gasteiger partial charge in [-0.3, -0.25) is 9.59 Å². The van der Waals surface area contributed by atoms with Crippen molar-refractivity contribution in [2.24, 2.45) is 5.73 Å². The fourth-order valence-corrected chi connectivity index (χ4v) is 2.60. The minimum Gasteiger partial charge on any atom is -0.462 e. The molecular formula is C14H19Cl3N2O6S. The number of sulfone groups is 1. The number of benzene rings is 1. The van der Waals surface area contributed by atoms with Gasteiger partial charge >= 0.3 is 5.97 Å². The molecule has 0 spiro atoms. The maximum Gasteiger partial charge on any atom is 0.319 e. The SMILES string of the molecule is CS(=O)(=O)c1ccc([C@@H](O)[C@H](COC(=O)CN)NC(=O)C(Cl)Cl)cc1.Cl. The molecule has 4 N–H and O–H groups in total. The zero-order chi connectivity index (χ0) is 19.2. The number of ether oxygens (including phenoxy) is 1. The zero-order valence-corrected chi connectivity index (χ0v) is 16.7. The number of aliphatic hydroxyl groups excluding tert-OH is 1. The van der Waals surface area contributed by atoms with Crippen LogP contribution in [0.25, 0.3) is 0 Å². The van der Waals surface area contributed by atoms with Gasteiger partial charge in [0.15, 0.2) is 14.7 Å². The summed E-state index contributed by atoms with van der Waals surface area (Å²) in [5.74, 6) is -1.52. The molecule has 0 aliphatic rings. The molecule has 0 aliphatic carbocycles. The summed E-state index contributed by atoms with van der Waals surface area (Å²) < 4.78 is 27.8. The van der Waals surface area contributed by atoms with Crippen molar-refractivity contribution in [1.82, 2.24) is 5.32 Å². The van der Waals surface area contributed by atoms with Crippen LogP contribution in [0.4, 0.5) is 0 Å². The molecule has 0 saturated heterocycles. The Kier molecular flexibility index (Phi) is 10.4. The first-order valence-electron chi connectivity index (χ1n) is 6.98. The van der Waals surface area contributed by atoms with Crippen LogP contribution in [0.5, 0.6) is 0 Å². The van der Waals surface area contributed by atoms with Crippen LogP contribution in [0.3, 0.4) is 0 Å². The number of amides is 1. The minimum atomic E-state index is -3.39. The van der Waals surface area contributed by atoms with Crippen LogP contribution in [0.2, 0.25) is 0 Å². The highest BCUT2D eigenvalue weighted by molar-refractivity contribution is 7.90. The van der Waals surface area contributed by atoms with Gasteiger partial charge in [-0.2, -0.15) is 0 Å². The van der Waals surface area contributed by atoms with Gasteiger partial charge in [-0.1, -0.05) is 35.3 Å². The lowest BCUT2D eigenvalue weighted by Gasteiger charge is -2.24. The Bertz CT molecular complexity index is 712. The number of carbonyl (C=O) groups excluding carboxylic acids is 2. The van der Waals surface area contributed by atoms with E-state index in [1.54, 1.807) is 0 Å². The predicted molar refractivity (Wildman–Crippen MR) is 99.2 cm³/mol. The molecule has 2 atom stereocenters. The van der Waals surface area contributed by atoms with Crippen molar-refractivity contribution in [3.63, 3.8) is 0 Å². The highest BCUT2D eigenvalue weighted by atomic mass is 35.5. The van der Waals surface area contributed by atoms with Crippen LogP contribution in [-0.2, 0) is 24.2 Å². The summed E-state index contributed by atoms with van der Waals surface area (Å²) in [5, 5.41) is 12.8. The second-order valence-electron chi connectivity index (χ2n) is 5.09. The third kappa shape index (κ3) is 7.65. The Labute approximate surface area is 167 Å². The first kappa shape index (κ1) is 24.9. The number of nitrogens with two attached hydrogens (primary N) is 1. The van der Waals surface area contributed by atoms with Gasteiger partial charge in [0.05, 0.1) is 17.5 Å². The number of esters is 1. The molecule has 0 heterocycles. The summed E-state index contributed by atoms with van der Waals surface area (Å²) in [6, 6.07) is 4.31. The Morgan fingerprint density at radius 3 is 2.23 bits per heavy atom. The van der Waals surface area contributed by atoms with Crippen LogP contribution in [0.1, 0.15) is 11.7 Å². The molecule has 0 aliphatic heterocycles. The maximum atomic E-state index is 11.7. The first-order chi connectivity index (χ1) is 11.6. The van der Waals surface area contributed by atoms with E-state index in [4.69, 9.17) is 33.7 Å². The molecule has 0 radical (unpaired) electrons. The smallest absolute Gasteiger partial charge is 0.319 e. The van der Waals surface area contributed by atoms with E-state index in [0.29, 0.717) is 5.56 Å². The molecule has 0 bridgehead atoms. The molecule has 1 aromatic rings. The van der Waals surface area contributed by atoms with Crippen molar-refractivity contribution in [1.29, 1.82) is 0 Å². The average molecular weight is 450 g/mol. The number of hydrogen-bond acceptors (Lipinski definition) is 7. The molecular weight excluding hydrogens is 431 g/mol. The summed E-state index contributed by atoms with van der Waals surface area (Å²) in [7, 11) is -3.39. The summed E-state index contributed by atoms with van der Waals surface area (Å²) in [6.07, 6.45) is -0.260. The molecule has 1 amide bonds. The lowest BCUT2D eigenvalue weighted by molar-refractivity contribution is -0.144. The molecule has 1 aromatic carbocycles. The molecule has 0 unspecified atom stereocenters. The Morgan fingerprint density at radius 1 is 1.27 bits per heavy atom. The largest absolute Gasteiger partial charge is 0.462 e. The predicted octanol–water partition coefficient (Wildman–Crippen LogP) is 0.336. The first-order valence-corrected chi connectivity index (χ1v) is 9.75. The third-order valence-corrected chi connectivity index (χ3v) is 4.67. The zero-order valence-electron chi connectivity index (χ0n) is 13.6. The summed E-state index contributed by atoms with van der Waals surface area (Å²) in [5.41, 5.74) is 5.42. The van der Waals surface area contributed by atoms with Crippen molar-refractivity contribution < 1.29 is 27.9 Å². The monoisotopic (exact) mass is 448 g/mol. The molecule has 8 nitrogen and oxygen atoms in total. The average Bonchev–Trinajstić information content (AvgIpc) is 2.56. The van der Waals surface area contributed by atoms with Crippen molar-refractivity contribution >= 4 is 57.3 Å². The van der Waals surface area contributed by atoms with Gasteiger partial charge in [-0.05, 0) is 17.7 Å². The van der Waals surface area contributed by atoms with Gasteiger partial charge in [-0.25, -0.2) is 8.42 Å². The number of aliphatic hydroxyl groups is 1.